The van der Waals surface area contributed by atoms with E-state index in [2.05, 4.69) is 49.9 Å². The van der Waals surface area contributed by atoms with Crippen molar-refractivity contribution in [1.29, 1.82) is 0 Å². The molecule has 3 nitrogen and oxygen atoms in total. The lowest BCUT2D eigenvalue weighted by Gasteiger charge is -2.20. The summed E-state index contributed by atoms with van der Waals surface area (Å²) in [6, 6.07) is 0.529. The molecule has 1 aromatic rings. The lowest BCUT2D eigenvalue weighted by Crippen LogP contribution is -2.36. The molecule has 102 valence electrons. The fourth-order valence-electron chi connectivity index (χ4n) is 3.51. The Morgan fingerprint density at radius 3 is 2.44 bits per heavy atom. The van der Waals surface area contributed by atoms with E-state index in [0.717, 1.165) is 24.7 Å². The molecule has 0 radical (unpaired) electrons. The molecule has 0 aromatic carbocycles. The van der Waals surface area contributed by atoms with Crippen molar-refractivity contribution in [2.45, 2.75) is 53.5 Å². The van der Waals surface area contributed by atoms with Gasteiger partial charge in [-0.3, -0.25) is 0 Å². The van der Waals surface area contributed by atoms with E-state index < -0.39 is 0 Å². The average molecular weight is 249 g/mol. The van der Waals surface area contributed by atoms with Crippen LogP contribution < -0.4 is 5.32 Å². The fraction of sp³-hybridized carbons (Fsp3) is 0.800. The van der Waals surface area contributed by atoms with Crippen LogP contribution in [0.1, 0.15) is 46.9 Å². The van der Waals surface area contributed by atoms with Crippen LogP contribution in [0.3, 0.4) is 0 Å². The second-order valence-electron chi connectivity index (χ2n) is 6.72. The number of rotatable bonds is 6. The lowest BCUT2D eigenvalue weighted by molar-refractivity contribution is 0.391. The van der Waals surface area contributed by atoms with Crippen molar-refractivity contribution < 1.29 is 0 Å². The summed E-state index contributed by atoms with van der Waals surface area (Å²) in [6.07, 6.45) is 5.94. The van der Waals surface area contributed by atoms with Gasteiger partial charge in [-0.2, -0.15) is 0 Å². The standard InChI is InChI=1S/C15H27N3/c1-6-7-16-11(10-12-17-8-9-18-12)13-14(2,3)15(13,4)5/h8-9,11,13,16H,6-7,10H2,1-5H3,(H,17,18). The SMILES string of the molecule is CCCNC(Cc1ncc[nH]1)C1C(C)(C)C1(C)C. The number of imidazole rings is 1. The summed E-state index contributed by atoms with van der Waals surface area (Å²) in [6.45, 7) is 12.9. The number of aromatic amines is 1. The summed E-state index contributed by atoms with van der Waals surface area (Å²) >= 11 is 0. The van der Waals surface area contributed by atoms with Crippen molar-refractivity contribution in [1.82, 2.24) is 15.3 Å². The Morgan fingerprint density at radius 2 is 2.00 bits per heavy atom. The number of hydrogen-bond donors (Lipinski definition) is 2. The number of nitrogens with zero attached hydrogens (tertiary/aromatic N) is 1. The van der Waals surface area contributed by atoms with Gasteiger partial charge in [-0.25, -0.2) is 4.98 Å². The van der Waals surface area contributed by atoms with Gasteiger partial charge in [-0.1, -0.05) is 34.6 Å². The molecule has 1 aliphatic carbocycles. The van der Waals surface area contributed by atoms with E-state index in [1.165, 1.54) is 6.42 Å². The van der Waals surface area contributed by atoms with E-state index in [0.29, 0.717) is 16.9 Å². The maximum absolute atomic E-state index is 4.37. The van der Waals surface area contributed by atoms with Gasteiger partial charge in [0.2, 0.25) is 0 Å². The normalized spacial score (nSPS) is 22.9. The van der Waals surface area contributed by atoms with Gasteiger partial charge < -0.3 is 10.3 Å². The van der Waals surface area contributed by atoms with Crippen LogP contribution in [0.2, 0.25) is 0 Å². The highest BCUT2D eigenvalue weighted by Crippen LogP contribution is 2.69. The van der Waals surface area contributed by atoms with Crippen molar-refractivity contribution in [2.75, 3.05) is 6.54 Å². The van der Waals surface area contributed by atoms with Crippen LogP contribution >= 0.6 is 0 Å². The highest BCUT2D eigenvalue weighted by molar-refractivity contribution is 5.17. The molecule has 1 saturated carbocycles. The van der Waals surface area contributed by atoms with Crippen LogP contribution in [0, 0.1) is 16.7 Å². The molecule has 1 fully saturated rings. The zero-order valence-electron chi connectivity index (χ0n) is 12.4. The minimum absolute atomic E-state index is 0.422. The van der Waals surface area contributed by atoms with Gasteiger partial charge in [-0.05, 0) is 29.7 Å². The first-order valence-electron chi connectivity index (χ1n) is 7.13. The quantitative estimate of drug-likeness (QED) is 0.813. The van der Waals surface area contributed by atoms with E-state index in [1.54, 1.807) is 0 Å². The minimum Gasteiger partial charge on any atom is -0.349 e. The first-order chi connectivity index (χ1) is 8.41. The number of hydrogen-bond acceptors (Lipinski definition) is 2. The van der Waals surface area contributed by atoms with Gasteiger partial charge in [0.1, 0.15) is 5.82 Å². The zero-order chi connectivity index (χ0) is 13.4. The molecule has 3 heteroatoms. The third-order valence-electron chi connectivity index (χ3n) is 5.16. The first kappa shape index (κ1) is 13.6. The Kier molecular flexibility index (Phi) is 3.54. The summed E-state index contributed by atoms with van der Waals surface area (Å²) in [5, 5.41) is 3.72. The Morgan fingerprint density at radius 1 is 1.33 bits per heavy atom. The summed E-state index contributed by atoms with van der Waals surface area (Å²) < 4.78 is 0. The molecule has 1 heterocycles. The van der Waals surface area contributed by atoms with Gasteiger partial charge in [-0.15, -0.1) is 0 Å². The average Bonchev–Trinajstić information content (AvgIpc) is 2.70. The molecule has 1 atom stereocenters. The van der Waals surface area contributed by atoms with Crippen LogP contribution in [0.25, 0.3) is 0 Å². The molecule has 0 aliphatic heterocycles. The smallest absolute Gasteiger partial charge is 0.107 e. The Labute approximate surface area is 111 Å². The predicted octanol–water partition coefficient (Wildman–Crippen LogP) is 3.00. The van der Waals surface area contributed by atoms with Crippen molar-refractivity contribution >= 4 is 0 Å². The second-order valence-corrected chi connectivity index (χ2v) is 6.72. The molecule has 0 saturated heterocycles. The third-order valence-corrected chi connectivity index (χ3v) is 5.16. The van der Waals surface area contributed by atoms with Gasteiger partial charge in [0, 0.05) is 24.9 Å². The Bertz CT molecular complexity index is 364. The van der Waals surface area contributed by atoms with E-state index in [1.807, 2.05) is 12.4 Å². The zero-order valence-corrected chi connectivity index (χ0v) is 12.4. The Balaban J connectivity index is 2.07. The molecular weight excluding hydrogens is 222 g/mol. The Hall–Kier alpha value is -0.830. The molecule has 1 unspecified atom stereocenters. The molecule has 0 spiro atoms. The second kappa shape index (κ2) is 4.69. The lowest BCUT2D eigenvalue weighted by atomic mass is 10.0. The van der Waals surface area contributed by atoms with Crippen molar-refractivity contribution in [2.24, 2.45) is 16.7 Å². The van der Waals surface area contributed by atoms with Crippen LogP contribution in [0.15, 0.2) is 12.4 Å². The first-order valence-corrected chi connectivity index (χ1v) is 7.13. The number of H-pyrrole nitrogens is 1. The van der Waals surface area contributed by atoms with E-state index >= 15 is 0 Å². The third kappa shape index (κ3) is 2.20. The fourth-order valence-corrected chi connectivity index (χ4v) is 3.51. The van der Waals surface area contributed by atoms with Crippen LogP contribution in [0.4, 0.5) is 0 Å². The maximum atomic E-state index is 4.37. The molecular formula is C15H27N3. The predicted molar refractivity (Wildman–Crippen MR) is 75.4 cm³/mol. The highest BCUT2D eigenvalue weighted by atomic mass is 15.0. The minimum atomic E-state index is 0.422. The van der Waals surface area contributed by atoms with Crippen molar-refractivity contribution in [3.05, 3.63) is 18.2 Å². The summed E-state index contributed by atoms with van der Waals surface area (Å²) in [7, 11) is 0. The molecule has 2 rings (SSSR count). The molecule has 1 aliphatic rings. The molecule has 0 amide bonds. The van der Waals surface area contributed by atoms with Gasteiger partial charge in [0.25, 0.3) is 0 Å². The van der Waals surface area contributed by atoms with Gasteiger partial charge in [0.15, 0.2) is 0 Å². The number of aromatic nitrogens is 2. The van der Waals surface area contributed by atoms with Crippen LogP contribution in [-0.4, -0.2) is 22.6 Å². The van der Waals surface area contributed by atoms with Crippen LogP contribution in [0.5, 0.6) is 0 Å². The van der Waals surface area contributed by atoms with Crippen molar-refractivity contribution in [3.63, 3.8) is 0 Å². The summed E-state index contributed by atoms with van der Waals surface area (Å²) in [5.41, 5.74) is 0.843. The largest absolute Gasteiger partial charge is 0.349 e. The van der Waals surface area contributed by atoms with E-state index in [4.69, 9.17) is 0 Å². The highest BCUT2D eigenvalue weighted by Gasteiger charge is 2.66. The summed E-state index contributed by atoms with van der Waals surface area (Å²) in [5.74, 6) is 1.82. The number of nitrogens with one attached hydrogen (secondary N) is 2. The summed E-state index contributed by atoms with van der Waals surface area (Å²) in [4.78, 5) is 7.60. The van der Waals surface area contributed by atoms with E-state index in [9.17, 15) is 0 Å². The molecule has 2 N–H and O–H groups in total. The monoisotopic (exact) mass is 249 g/mol. The van der Waals surface area contributed by atoms with Crippen molar-refractivity contribution in [3.8, 4) is 0 Å². The van der Waals surface area contributed by atoms with Gasteiger partial charge >= 0.3 is 0 Å². The van der Waals surface area contributed by atoms with Gasteiger partial charge in [0.05, 0.1) is 0 Å². The molecule has 0 bridgehead atoms. The molecule has 1 aromatic heterocycles. The maximum Gasteiger partial charge on any atom is 0.107 e. The topological polar surface area (TPSA) is 40.7 Å². The van der Waals surface area contributed by atoms with E-state index in [-0.39, 0.29) is 0 Å². The van der Waals surface area contributed by atoms with Crippen LogP contribution in [-0.2, 0) is 6.42 Å². The molecule has 18 heavy (non-hydrogen) atoms.